The number of nitrogens with zero attached hydrogens (tertiary/aromatic N) is 2. The van der Waals surface area contributed by atoms with Crippen molar-refractivity contribution in [3.8, 4) is 0 Å². The number of halogens is 1. The number of hydrogen-bond acceptors (Lipinski definition) is 3. The minimum Gasteiger partial charge on any atom is -0.342 e. The number of unbranched alkanes of at least 4 members (excludes halogenated alkanes) is 1. The van der Waals surface area contributed by atoms with E-state index in [2.05, 4.69) is 6.92 Å². The monoisotopic (exact) mass is 390 g/mol. The second-order valence-corrected chi connectivity index (χ2v) is 8.51. The zero-order valence-corrected chi connectivity index (χ0v) is 16.3. The molecule has 0 fully saturated rings. The van der Waals surface area contributed by atoms with Crippen LogP contribution in [0.25, 0.3) is 0 Å². The average molecular weight is 390 g/mol. The van der Waals surface area contributed by atoms with E-state index in [1.165, 1.54) is 22.5 Å². The van der Waals surface area contributed by atoms with Crippen molar-refractivity contribution in [1.82, 2.24) is 4.90 Å². The van der Waals surface area contributed by atoms with E-state index >= 15 is 0 Å². The molecule has 3 rings (SSSR count). The Kier molecular flexibility index (Phi) is 5.51. The van der Waals surface area contributed by atoms with E-state index < -0.39 is 15.8 Å². The first-order valence-electron chi connectivity index (χ1n) is 9.02. The second-order valence-electron chi connectivity index (χ2n) is 6.68. The number of carbonyl (C=O) groups excluding carboxylic acids is 1. The second kappa shape index (κ2) is 7.68. The lowest BCUT2D eigenvalue weighted by atomic mass is 10.1. The number of benzene rings is 2. The van der Waals surface area contributed by atoms with Gasteiger partial charge in [-0.2, -0.15) is 0 Å². The van der Waals surface area contributed by atoms with Crippen LogP contribution in [-0.4, -0.2) is 39.4 Å². The van der Waals surface area contributed by atoms with Crippen LogP contribution in [0.3, 0.4) is 0 Å². The SMILES string of the molecule is CCCCN(C)C(=O)c1ccc2c(c1)N(S(=O)(=O)c1ccccc1F)CC2. The topological polar surface area (TPSA) is 57.7 Å². The lowest BCUT2D eigenvalue weighted by Crippen LogP contribution is -2.30. The van der Waals surface area contributed by atoms with E-state index in [-0.39, 0.29) is 17.3 Å². The molecule has 5 nitrogen and oxygen atoms in total. The fourth-order valence-corrected chi connectivity index (χ4v) is 4.79. The van der Waals surface area contributed by atoms with Crippen molar-refractivity contribution in [3.63, 3.8) is 0 Å². The summed E-state index contributed by atoms with van der Waals surface area (Å²) in [5.74, 6) is -0.932. The van der Waals surface area contributed by atoms with Gasteiger partial charge < -0.3 is 4.90 Å². The van der Waals surface area contributed by atoms with Gasteiger partial charge in [-0.1, -0.05) is 31.5 Å². The first kappa shape index (κ1) is 19.4. The highest BCUT2D eigenvalue weighted by molar-refractivity contribution is 7.92. The van der Waals surface area contributed by atoms with Gasteiger partial charge in [-0.3, -0.25) is 9.10 Å². The summed E-state index contributed by atoms with van der Waals surface area (Å²) in [5.41, 5.74) is 1.72. The predicted octanol–water partition coefficient (Wildman–Crippen LogP) is 3.45. The van der Waals surface area contributed by atoms with Crippen LogP contribution in [-0.2, 0) is 16.4 Å². The minimum absolute atomic E-state index is 0.151. The van der Waals surface area contributed by atoms with Gasteiger partial charge in [0, 0.05) is 25.7 Å². The van der Waals surface area contributed by atoms with Gasteiger partial charge in [-0.05, 0) is 42.7 Å². The maximum absolute atomic E-state index is 14.1. The minimum atomic E-state index is -4.03. The van der Waals surface area contributed by atoms with E-state index in [0.29, 0.717) is 24.2 Å². The Balaban J connectivity index is 1.95. The molecule has 0 atom stereocenters. The molecule has 2 aromatic rings. The van der Waals surface area contributed by atoms with Crippen LogP contribution in [0.4, 0.5) is 10.1 Å². The molecule has 27 heavy (non-hydrogen) atoms. The smallest absolute Gasteiger partial charge is 0.267 e. The Labute approximate surface area is 159 Å². The first-order valence-corrected chi connectivity index (χ1v) is 10.5. The summed E-state index contributed by atoms with van der Waals surface area (Å²) in [6, 6.07) is 10.5. The summed E-state index contributed by atoms with van der Waals surface area (Å²) in [4.78, 5) is 13.9. The highest BCUT2D eigenvalue weighted by Gasteiger charge is 2.33. The number of amides is 1. The molecule has 1 aliphatic heterocycles. The molecule has 7 heteroatoms. The lowest BCUT2D eigenvalue weighted by molar-refractivity contribution is 0.0793. The van der Waals surface area contributed by atoms with Gasteiger partial charge in [-0.15, -0.1) is 0 Å². The van der Waals surface area contributed by atoms with Crippen LogP contribution >= 0.6 is 0 Å². The quantitative estimate of drug-likeness (QED) is 0.759. The van der Waals surface area contributed by atoms with Crippen LogP contribution in [0.2, 0.25) is 0 Å². The van der Waals surface area contributed by atoms with Crippen molar-refractivity contribution < 1.29 is 17.6 Å². The van der Waals surface area contributed by atoms with Crippen LogP contribution in [0.15, 0.2) is 47.4 Å². The molecule has 1 heterocycles. The molecule has 0 N–H and O–H groups in total. The zero-order chi connectivity index (χ0) is 19.6. The van der Waals surface area contributed by atoms with E-state index in [9.17, 15) is 17.6 Å². The lowest BCUT2D eigenvalue weighted by Gasteiger charge is -2.21. The van der Waals surface area contributed by atoms with Crippen LogP contribution < -0.4 is 4.31 Å². The predicted molar refractivity (Wildman–Crippen MR) is 103 cm³/mol. The fraction of sp³-hybridized carbons (Fsp3) is 0.350. The normalized spacial score (nSPS) is 13.5. The number of rotatable bonds is 6. The van der Waals surface area contributed by atoms with E-state index in [0.717, 1.165) is 24.5 Å². The van der Waals surface area contributed by atoms with E-state index in [1.807, 2.05) is 0 Å². The molecule has 0 saturated carbocycles. The van der Waals surface area contributed by atoms with Crippen LogP contribution in [0, 0.1) is 5.82 Å². The number of fused-ring (bicyclic) bond motifs is 1. The molecule has 0 spiro atoms. The largest absolute Gasteiger partial charge is 0.342 e. The maximum Gasteiger partial charge on any atom is 0.267 e. The summed E-state index contributed by atoms with van der Waals surface area (Å²) in [5, 5.41) is 0. The van der Waals surface area contributed by atoms with Gasteiger partial charge in [-0.25, -0.2) is 12.8 Å². The van der Waals surface area contributed by atoms with Crippen molar-refractivity contribution in [2.24, 2.45) is 0 Å². The van der Waals surface area contributed by atoms with Gasteiger partial charge >= 0.3 is 0 Å². The number of anilines is 1. The maximum atomic E-state index is 14.1. The molecular formula is C20H23FN2O3S. The van der Waals surface area contributed by atoms with Gasteiger partial charge in [0.2, 0.25) is 0 Å². The molecule has 0 unspecified atom stereocenters. The molecule has 0 aromatic heterocycles. The third kappa shape index (κ3) is 3.69. The Morgan fingerprint density at radius 3 is 2.67 bits per heavy atom. The number of hydrogen-bond donors (Lipinski definition) is 0. The summed E-state index contributed by atoms with van der Waals surface area (Å²) in [7, 11) is -2.29. The average Bonchev–Trinajstić information content (AvgIpc) is 3.09. The van der Waals surface area contributed by atoms with Crippen LogP contribution in [0.5, 0.6) is 0 Å². The molecule has 1 amide bonds. The first-order chi connectivity index (χ1) is 12.9. The Morgan fingerprint density at radius 1 is 1.22 bits per heavy atom. The number of sulfonamides is 1. The highest BCUT2D eigenvalue weighted by atomic mass is 32.2. The third-order valence-corrected chi connectivity index (χ3v) is 6.63. The Bertz CT molecular complexity index is 959. The molecule has 0 bridgehead atoms. The summed E-state index contributed by atoms with van der Waals surface area (Å²) < 4.78 is 41.2. The van der Waals surface area contributed by atoms with Gasteiger partial charge in [0.05, 0.1) is 5.69 Å². The third-order valence-electron chi connectivity index (χ3n) is 4.78. The van der Waals surface area contributed by atoms with Crippen molar-refractivity contribution in [2.45, 2.75) is 31.1 Å². The summed E-state index contributed by atoms with van der Waals surface area (Å²) >= 11 is 0. The molecule has 0 aliphatic carbocycles. The molecule has 0 radical (unpaired) electrons. The molecule has 2 aromatic carbocycles. The van der Waals surface area contributed by atoms with Crippen molar-refractivity contribution in [2.75, 3.05) is 24.4 Å². The Morgan fingerprint density at radius 2 is 1.96 bits per heavy atom. The molecule has 144 valence electrons. The van der Waals surface area contributed by atoms with Gasteiger partial charge in [0.1, 0.15) is 10.7 Å². The fourth-order valence-electron chi connectivity index (χ4n) is 3.22. The van der Waals surface area contributed by atoms with Crippen molar-refractivity contribution in [1.29, 1.82) is 0 Å². The van der Waals surface area contributed by atoms with Gasteiger partial charge in [0.25, 0.3) is 15.9 Å². The van der Waals surface area contributed by atoms with Crippen LogP contribution in [0.1, 0.15) is 35.7 Å². The van der Waals surface area contributed by atoms with Crippen molar-refractivity contribution in [3.05, 3.63) is 59.4 Å². The standard InChI is InChI=1S/C20H23FN2O3S/c1-3-4-12-22(2)20(24)16-10-9-15-11-13-23(18(15)14-16)27(25,26)19-8-6-5-7-17(19)21/h5-10,14H,3-4,11-13H2,1-2H3. The summed E-state index contributed by atoms with van der Waals surface area (Å²) in [6.45, 7) is 2.93. The zero-order valence-electron chi connectivity index (χ0n) is 15.5. The summed E-state index contributed by atoms with van der Waals surface area (Å²) in [6.07, 6.45) is 2.42. The van der Waals surface area contributed by atoms with Crippen molar-refractivity contribution >= 4 is 21.6 Å². The highest BCUT2D eigenvalue weighted by Crippen LogP contribution is 2.34. The van der Waals surface area contributed by atoms with E-state index in [4.69, 9.17) is 0 Å². The van der Waals surface area contributed by atoms with E-state index in [1.54, 1.807) is 30.1 Å². The number of carbonyl (C=O) groups is 1. The van der Waals surface area contributed by atoms with Gasteiger partial charge in [0.15, 0.2) is 0 Å². The molecule has 0 saturated heterocycles. The molecule has 1 aliphatic rings. The Hall–Kier alpha value is -2.41. The molecular weight excluding hydrogens is 367 g/mol.